The average molecular weight is 463 g/mol. The summed E-state index contributed by atoms with van der Waals surface area (Å²) in [5.41, 5.74) is 2.60. The summed E-state index contributed by atoms with van der Waals surface area (Å²) in [4.78, 5) is 6.68. The van der Waals surface area contributed by atoms with E-state index in [0.717, 1.165) is 56.1 Å². The van der Waals surface area contributed by atoms with Gasteiger partial charge in [0.2, 0.25) is 0 Å². The highest BCUT2D eigenvalue weighted by atomic mass is 35.5. The summed E-state index contributed by atoms with van der Waals surface area (Å²) in [6.45, 7) is 8.36. The van der Waals surface area contributed by atoms with E-state index < -0.39 is 9.84 Å². The van der Waals surface area contributed by atoms with E-state index in [1.807, 2.05) is 18.2 Å². The predicted octanol–water partition coefficient (Wildman–Crippen LogP) is 4.39. The molecule has 0 radical (unpaired) electrons. The standard InChI is InChI=1S/C24H31ClN2O3S/c1-23(2)17-30-22(23)24(11-10-18-6-9-21(26-14-18)31(3,28)29)12-13-27(16-24)15-19-4-7-20(25)8-5-19/h4-9,14,22H,10-13,15-17H2,1-3H3/t22?,24-/m1/s1. The molecule has 31 heavy (non-hydrogen) atoms. The first kappa shape index (κ1) is 22.7. The highest BCUT2D eigenvalue weighted by Crippen LogP contribution is 2.51. The molecule has 2 aromatic rings. The molecule has 0 aliphatic carbocycles. The van der Waals surface area contributed by atoms with Crippen molar-refractivity contribution in [2.75, 3.05) is 26.0 Å². The largest absolute Gasteiger partial charge is 0.376 e. The van der Waals surface area contributed by atoms with Crippen LogP contribution in [0.3, 0.4) is 0 Å². The van der Waals surface area contributed by atoms with E-state index in [2.05, 4.69) is 35.9 Å². The minimum atomic E-state index is -3.27. The van der Waals surface area contributed by atoms with Gasteiger partial charge in [-0.3, -0.25) is 4.90 Å². The van der Waals surface area contributed by atoms with Crippen molar-refractivity contribution in [3.8, 4) is 0 Å². The molecule has 2 aliphatic rings. The fourth-order valence-electron chi connectivity index (χ4n) is 5.19. The first-order valence-electron chi connectivity index (χ1n) is 10.8. The number of aromatic nitrogens is 1. The molecule has 7 heteroatoms. The molecule has 0 spiro atoms. The second-order valence-corrected chi connectivity index (χ2v) is 12.3. The number of ether oxygens (including phenoxy) is 1. The molecule has 2 fully saturated rings. The SMILES string of the molecule is CC1(C)COC1[C@]1(CCc2ccc(S(C)(=O)=O)nc2)CCN(Cc2ccc(Cl)cc2)C1. The molecule has 0 amide bonds. The maximum absolute atomic E-state index is 11.7. The monoisotopic (exact) mass is 462 g/mol. The number of benzene rings is 1. The van der Waals surface area contributed by atoms with Gasteiger partial charge in [-0.1, -0.05) is 43.6 Å². The van der Waals surface area contributed by atoms with Gasteiger partial charge >= 0.3 is 0 Å². The topological polar surface area (TPSA) is 59.5 Å². The molecule has 0 saturated carbocycles. The van der Waals surface area contributed by atoms with Crippen LogP contribution in [0.15, 0.2) is 47.6 Å². The molecule has 0 N–H and O–H groups in total. The second kappa shape index (κ2) is 8.47. The Morgan fingerprint density at radius 3 is 2.42 bits per heavy atom. The van der Waals surface area contributed by atoms with E-state index in [1.165, 1.54) is 11.8 Å². The summed E-state index contributed by atoms with van der Waals surface area (Å²) < 4.78 is 29.5. The summed E-state index contributed by atoms with van der Waals surface area (Å²) in [5, 5.41) is 0.893. The van der Waals surface area contributed by atoms with Gasteiger partial charge in [-0.2, -0.15) is 0 Å². The molecule has 1 aromatic heterocycles. The van der Waals surface area contributed by atoms with Crippen molar-refractivity contribution < 1.29 is 13.2 Å². The lowest BCUT2D eigenvalue weighted by molar-refractivity contribution is -0.223. The van der Waals surface area contributed by atoms with E-state index in [4.69, 9.17) is 16.3 Å². The number of aryl methyl sites for hydroxylation is 1. The van der Waals surface area contributed by atoms with Gasteiger partial charge in [0.1, 0.15) is 0 Å². The van der Waals surface area contributed by atoms with E-state index in [9.17, 15) is 8.42 Å². The zero-order chi connectivity index (χ0) is 22.3. The zero-order valence-electron chi connectivity index (χ0n) is 18.5. The van der Waals surface area contributed by atoms with Gasteiger partial charge in [-0.15, -0.1) is 0 Å². The number of rotatable bonds is 7. The van der Waals surface area contributed by atoms with Gasteiger partial charge in [0.25, 0.3) is 0 Å². The average Bonchev–Trinajstić information content (AvgIpc) is 3.10. The van der Waals surface area contributed by atoms with Gasteiger partial charge < -0.3 is 4.74 Å². The maximum atomic E-state index is 11.7. The third-order valence-electron chi connectivity index (χ3n) is 6.76. The van der Waals surface area contributed by atoms with Gasteiger partial charge in [0, 0.05) is 41.4 Å². The number of hydrogen-bond acceptors (Lipinski definition) is 5. The van der Waals surface area contributed by atoms with Crippen LogP contribution in [0.1, 0.15) is 37.8 Å². The lowest BCUT2D eigenvalue weighted by Gasteiger charge is -2.54. The predicted molar refractivity (Wildman–Crippen MR) is 123 cm³/mol. The fraction of sp³-hybridized carbons (Fsp3) is 0.542. The Labute approximate surface area is 190 Å². The first-order valence-corrected chi connectivity index (χ1v) is 13.1. The number of likely N-dealkylation sites (tertiary alicyclic amines) is 1. The van der Waals surface area contributed by atoms with Crippen LogP contribution in [0.5, 0.6) is 0 Å². The second-order valence-electron chi connectivity index (χ2n) is 9.91. The van der Waals surface area contributed by atoms with Crippen molar-refractivity contribution in [1.82, 2.24) is 9.88 Å². The maximum Gasteiger partial charge on any atom is 0.192 e. The zero-order valence-corrected chi connectivity index (χ0v) is 20.0. The Kier molecular flexibility index (Phi) is 6.21. The summed E-state index contributed by atoms with van der Waals surface area (Å²) in [6, 6.07) is 11.6. The molecule has 3 heterocycles. The molecule has 2 saturated heterocycles. The first-order chi connectivity index (χ1) is 14.6. The Morgan fingerprint density at radius 1 is 1.16 bits per heavy atom. The van der Waals surface area contributed by atoms with Crippen molar-refractivity contribution in [1.29, 1.82) is 0 Å². The van der Waals surface area contributed by atoms with Gasteiger partial charge in [-0.05, 0) is 55.1 Å². The van der Waals surface area contributed by atoms with Crippen LogP contribution >= 0.6 is 11.6 Å². The molecule has 2 atom stereocenters. The summed E-state index contributed by atoms with van der Waals surface area (Å²) in [5.74, 6) is 0. The van der Waals surface area contributed by atoms with Gasteiger partial charge in [0.05, 0.1) is 12.7 Å². The minimum absolute atomic E-state index is 0.0870. The lowest BCUT2D eigenvalue weighted by atomic mass is 9.64. The smallest absolute Gasteiger partial charge is 0.192 e. The number of pyridine rings is 1. The summed E-state index contributed by atoms with van der Waals surface area (Å²) >= 11 is 6.04. The number of hydrogen-bond donors (Lipinski definition) is 0. The van der Waals surface area contributed by atoms with Crippen molar-refractivity contribution in [3.05, 3.63) is 58.7 Å². The van der Waals surface area contributed by atoms with Crippen LogP contribution in [0.25, 0.3) is 0 Å². The number of nitrogens with zero attached hydrogens (tertiary/aromatic N) is 2. The van der Waals surface area contributed by atoms with E-state index in [1.54, 1.807) is 12.3 Å². The van der Waals surface area contributed by atoms with E-state index >= 15 is 0 Å². The van der Waals surface area contributed by atoms with Crippen LogP contribution in [0, 0.1) is 10.8 Å². The Bertz CT molecular complexity index is 1020. The molecular weight excluding hydrogens is 432 g/mol. The third-order valence-corrected chi connectivity index (χ3v) is 8.01. The molecule has 5 nitrogen and oxygen atoms in total. The summed E-state index contributed by atoms with van der Waals surface area (Å²) in [6.07, 6.45) is 6.09. The van der Waals surface area contributed by atoms with Crippen LogP contribution < -0.4 is 0 Å². The van der Waals surface area contributed by atoms with Gasteiger partial charge in [0.15, 0.2) is 14.9 Å². The van der Waals surface area contributed by atoms with Crippen LogP contribution in [-0.2, 0) is 27.5 Å². The minimum Gasteiger partial charge on any atom is -0.376 e. The Balaban J connectivity index is 1.48. The normalized spacial score (nSPS) is 26.0. The molecular formula is C24H31ClN2O3S. The van der Waals surface area contributed by atoms with E-state index in [0.29, 0.717) is 0 Å². The van der Waals surface area contributed by atoms with Crippen LogP contribution in [0.4, 0.5) is 0 Å². The highest BCUT2D eigenvalue weighted by Gasteiger charge is 2.55. The number of halogens is 1. The van der Waals surface area contributed by atoms with Crippen molar-refractivity contribution >= 4 is 21.4 Å². The molecule has 0 bridgehead atoms. The third kappa shape index (κ3) is 4.98. The number of sulfone groups is 1. The molecule has 2 aliphatic heterocycles. The molecule has 1 unspecified atom stereocenters. The molecule has 4 rings (SSSR count). The summed E-state index contributed by atoms with van der Waals surface area (Å²) in [7, 11) is -3.27. The fourth-order valence-corrected chi connectivity index (χ4v) is 5.88. The Hall–Kier alpha value is -1.47. The quantitative estimate of drug-likeness (QED) is 0.610. The van der Waals surface area contributed by atoms with Crippen molar-refractivity contribution in [3.63, 3.8) is 0 Å². The van der Waals surface area contributed by atoms with Crippen molar-refractivity contribution in [2.24, 2.45) is 10.8 Å². The molecule has 168 valence electrons. The Morgan fingerprint density at radius 2 is 1.87 bits per heavy atom. The highest BCUT2D eigenvalue weighted by molar-refractivity contribution is 7.90. The van der Waals surface area contributed by atoms with Gasteiger partial charge in [-0.25, -0.2) is 13.4 Å². The van der Waals surface area contributed by atoms with E-state index in [-0.39, 0.29) is 22.0 Å². The van der Waals surface area contributed by atoms with Crippen LogP contribution in [0.2, 0.25) is 5.02 Å². The lowest BCUT2D eigenvalue weighted by Crippen LogP contribution is -2.58. The van der Waals surface area contributed by atoms with Crippen molar-refractivity contribution in [2.45, 2.75) is 50.8 Å². The molecule has 1 aromatic carbocycles. The van der Waals surface area contributed by atoms with Crippen LogP contribution in [-0.4, -0.2) is 50.4 Å².